The molecule has 2 aliphatic heterocycles. The van der Waals surface area contributed by atoms with E-state index in [4.69, 9.17) is 11.6 Å². The Hall–Kier alpha value is -2.51. The van der Waals surface area contributed by atoms with Gasteiger partial charge in [-0.2, -0.15) is 0 Å². The van der Waals surface area contributed by atoms with Crippen molar-refractivity contribution in [2.75, 3.05) is 36.0 Å². The van der Waals surface area contributed by atoms with Crippen LogP contribution in [-0.2, 0) is 9.59 Å². The Morgan fingerprint density at radius 3 is 2.25 bits per heavy atom. The molecule has 2 aromatic rings. The molecule has 2 saturated heterocycles. The van der Waals surface area contributed by atoms with Crippen molar-refractivity contribution in [1.29, 1.82) is 0 Å². The molecular formula is C20H19ClF2N3O2+. The van der Waals surface area contributed by atoms with Gasteiger partial charge in [-0.1, -0.05) is 11.6 Å². The molecule has 2 aliphatic rings. The van der Waals surface area contributed by atoms with Crippen LogP contribution in [0.5, 0.6) is 0 Å². The molecule has 2 amide bonds. The van der Waals surface area contributed by atoms with Gasteiger partial charge in [0.25, 0.3) is 5.91 Å². The molecule has 28 heavy (non-hydrogen) atoms. The molecule has 0 bridgehead atoms. The van der Waals surface area contributed by atoms with Crippen LogP contribution in [0.1, 0.15) is 6.42 Å². The molecular weight excluding hydrogens is 388 g/mol. The Labute approximate surface area is 166 Å². The summed E-state index contributed by atoms with van der Waals surface area (Å²) >= 11 is 5.80. The Balaban J connectivity index is 1.44. The lowest BCUT2D eigenvalue weighted by Crippen LogP contribution is -3.19. The van der Waals surface area contributed by atoms with E-state index < -0.39 is 11.9 Å². The molecule has 4 rings (SSSR count). The van der Waals surface area contributed by atoms with Crippen LogP contribution in [0.2, 0.25) is 5.02 Å². The summed E-state index contributed by atoms with van der Waals surface area (Å²) in [7, 11) is 0. The van der Waals surface area contributed by atoms with Gasteiger partial charge in [-0.25, -0.2) is 13.7 Å². The van der Waals surface area contributed by atoms with Crippen molar-refractivity contribution >= 4 is 34.8 Å². The maximum absolute atomic E-state index is 13.4. The topological polar surface area (TPSA) is 45.1 Å². The second-order valence-corrected chi connectivity index (χ2v) is 7.45. The Bertz CT molecular complexity index is 914. The van der Waals surface area contributed by atoms with Crippen LogP contribution in [0.25, 0.3) is 0 Å². The summed E-state index contributed by atoms with van der Waals surface area (Å²) < 4.78 is 26.5. The Morgan fingerprint density at radius 2 is 1.61 bits per heavy atom. The lowest BCUT2D eigenvalue weighted by atomic mass is 10.1. The summed E-state index contributed by atoms with van der Waals surface area (Å²) in [6, 6.07) is 9.73. The molecule has 0 aromatic heterocycles. The van der Waals surface area contributed by atoms with Crippen LogP contribution >= 0.6 is 11.6 Å². The first-order chi connectivity index (χ1) is 13.4. The monoisotopic (exact) mass is 406 g/mol. The molecule has 0 aliphatic carbocycles. The van der Waals surface area contributed by atoms with E-state index in [1.807, 2.05) is 0 Å². The molecule has 0 spiro atoms. The molecule has 0 unspecified atom stereocenters. The predicted octanol–water partition coefficient (Wildman–Crippen LogP) is 1.66. The predicted molar refractivity (Wildman–Crippen MR) is 102 cm³/mol. The van der Waals surface area contributed by atoms with Crippen LogP contribution in [-0.4, -0.2) is 44.0 Å². The van der Waals surface area contributed by atoms with Crippen molar-refractivity contribution in [1.82, 2.24) is 0 Å². The van der Waals surface area contributed by atoms with Crippen molar-refractivity contribution in [3.63, 3.8) is 0 Å². The summed E-state index contributed by atoms with van der Waals surface area (Å²) in [5.41, 5.74) is 1.24. The van der Waals surface area contributed by atoms with Gasteiger partial charge in [0.15, 0.2) is 6.04 Å². The van der Waals surface area contributed by atoms with E-state index >= 15 is 0 Å². The minimum atomic E-state index is -0.594. The number of quaternary nitrogens is 1. The number of nitrogens with one attached hydrogen (secondary N) is 1. The first kappa shape index (κ1) is 18.8. The van der Waals surface area contributed by atoms with E-state index in [1.165, 1.54) is 24.3 Å². The number of hydrogen-bond donors (Lipinski definition) is 1. The summed E-state index contributed by atoms with van der Waals surface area (Å²) in [6.45, 7) is 2.81. The van der Waals surface area contributed by atoms with Gasteiger partial charge < -0.3 is 9.80 Å². The van der Waals surface area contributed by atoms with Gasteiger partial charge in [-0.15, -0.1) is 0 Å². The van der Waals surface area contributed by atoms with Gasteiger partial charge in [0.1, 0.15) is 11.6 Å². The van der Waals surface area contributed by atoms with E-state index in [2.05, 4.69) is 4.90 Å². The minimum absolute atomic E-state index is 0.123. The van der Waals surface area contributed by atoms with E-state index in [0.717, 1.165) is 21.6 Å². The number of anilines is 2. The quantitative estimate of drug-likeness (QED) is 0.788. The summed E-state index contributed by atoms with van der Waals surface area (Å²) in [4.78, 5) is 29.6. The summed E-state index contributed by atoms with van der Waals surface area (Å²) in [6.07, 6.45) is 0.125. The number of rotatable bonds is 3. The number of benzene rings is 2. The first-order valence-corrected chi connectivity index (χ1v) is 9.49. The Kier molecular flexibility index (Phi) is 5.03. The molecule has 2 aromatic carbocycles. The molecule has 2 fully saturated rings. The van der Waals surface area contributed by atoms with Crippen LogP contribution in [0.3, 0.4) is 0 Å². The van der Waals surface area contributed by atoms with Gasteiger partial charge in [0.2, 0.25) is 5.91 Å². The van der Waals surface area contributed by atoms with E-state index in [9.17, 15) is 18.4 Å². The average Bonchev–Trinajstić information content (AvgIpc) is 2.99. The van der Waals surface area contributed by atoms with Crippen molar-refractivity contribution in [3.8, 4) is 0 Å². The van der Waals surface area contributed by atoms with Gasteiger partial charge in [0.05, 0.1) is 43.3 Å². The van der Waals surface area contributed by atoms with Crippen molar-refractivity contribution < 1.29 is 23.3 Å². The fourth-order valence-corrected chi connectivity index (χ4v) is 4.07. The second kappa shape index (κ2) is 7.48. The number of amides is 2. The zero-order valence-corrected chi connectivity index (χ0v) is 15.8. The van der Waals surface area contributed by atoms with Crippen molar-refractivity contribution in [2.45, 2.75) is 12.5 Å². The van der Waals surface area contributed by atoms with Gasteiger partial charge in [-0.3, -0.25) is 9.59 Å². The summed E-state index contributed by atoms with van der Waals surface area (Å²) in [5, 5.41) is -0.123. The number of nitrogens with zero attached hydrogens (tertiary/aromatic N) is 2. The highest BCUT2D eigenvalue weighted by Gasteiger charge is 2.46. The molecule has 1 N–H and O–H groups in total. The van der Waals surface area contributed by atoms with Gasteiger partial charge in [-0.05, 0) is 42.5 Å². The van der Waals surface area contributed by atoms with Crippen LogP contribution in [0.4, 0.5) is 20.2 Å². The number of hydrogen-bond acceptors (Lipinski definition) is 3. The first-order valence-electron chi connectivity index (χ1n) is 9.11. The second-order valence-electron chi connectivity index (χ2n) is 7.04. The average molecular weight is 407 g/mol. The normalized spacial score (nSPS) is 20.9. The largest absolute Gasteiger partial charge is 0.360 e. The summed E-state index contributed by atoms with van der Waals surface area (Å²) in [5.74, 6) is -1.45. The van der Waals surface area contributed by atoms with E-state index in [-0.39, 0.29) is 29.1 Å². The van der Waals surface area contributed by atoms with Crippen LogP contribution in [0.15, 0.2) is 42.5 Å². The molecule has 146 valence electrons. The molecule has 2 heterocycles. The third kappa shape index (κ3) is 3.47. The van der Waals surface area contributed by atoms with Gasteiger partial charge in [0, 0.05) is 5.69 Å². The van der Waals surface area contributed by atoms with E-state index in [0.29, 0.717) is 31.9 Å². The maximum Gasteiger partial charge on any atom is 0.292 e. The minimum Gasteiger partial charge on any atom is -0.360 e. The number of carbonyl (C=O) groups excluding carboxylic acids is 2. The standard InChI is InChI=1S/C20H18ClF2N3O2/c21-16-11-15(5-6-17(16)23)26-19(27)12-18(20(26)28)25-9-7-24(8-10-25)14-3-1-13(22)2-4-14/h1-6,11,18H,7-10,12H2/p+1/t18-/m1/s1. The molecule has 0 radical (unpaired) electrons. The molecule has 8 heteroatoms. The lowest BCUT2D eigenvalue weighted by Gasteiger charge is -2.35. The molecule has 1 atom stereocenters. The lowest BCUT2D eigenvalue weighted by molar-refractivity contribution is -0.915. The van der Waals surface area contributed by atoms with Gasteiger partial charge >= 0.3 is 0 Å². The third-order valence-corrected chi connectivity index (χ3v) is 5.69. The smallest absolute Gasteiger partial charge is 0.292 e. The zero-order valence-electron chi connectivity index (χ0n) is 15.0. The maximum atomic E-state index is 13.4. The number of imide groups is 1. The fourth-order valence-electron chi connectivity index (χ4n) is 3.90. The van der Waals surface area contributed by atoms with E-state index in [1.54, 1.807) is 12.1 Å². The highest BCUT2D eigenvalue weighted by molar-refractivity contribution is 6.31. The zero-order chi connectivity index (χ0) is 19.8. The number of carbonyl (C=O) groups is 2. The highest BCUT2D eigenvalue weighted by atomic mass is 35.5. The number of piperazine rings is 1. The fraction of sp³-hybridized carbons (Fsp3) is 0.300. The van der Waals surface area contributed by atoms with Crippen molar-refractivity contribution in [3.05, 3.63) is 59.1 Å². The molecule has 0 saturated carbocycles. The SMILES string of the molecule is O=C1C[C@@H]([NH+]2CCN(c3ccc(F)cc3)CC2)C(=O)N1c1ccc(F)c(Cl)c1. The molecule has 5 nitrogen and oxygen atoms in total. The number of halogens is 3. The highest BCUT2D eigenvalue weighted by Crippen LogP contribution is 2.26. The van der Waals surface area contributed by atoms with Crippen molar-refractivity contribution in [2.24, 2.45) is 0 Å². The Morgan fingerprint density at radius 1 is 0.964 bits per heavy atom. The third-order valence-electron chi connectivity index (χ3n) is 5.40. The van der Waals surface area contributed by atoms with Crippen LogP contribution in [0, 0.1) is 11.6 Å². The van der Waals surface area contributed by atoms with Crippen LogP contribution < -0.4 is 14.7 Å².